The van der Waals surface area contributed by atoms with Crippen LogP contribution in [0.2, 0.25) is 0 Å². The van der Waals surface area contributed by atoms with Crippen molar-refractivity contribution < 1.29 is 31.5 Å². The van der Waals surface area contributed by atoms with Crippen molar-refractivity contribution in [1.29, 1.82) is 0 Å². The van der Waals surface area contributed by atoms with Gasteiger partial charge in [0.25, 0.3) is 10.1 Å². The van der Waals surface area contributed by atoms with E-state index in [1.807, 2.05) is 4.90 Å². The third-order valence-electron chi connectivity index (χ3n) is 5.10. The average molecular weight is 319 g/mol. The summed E-state index contributed by atoms with van der Waals surface area (Å²) in [6.07, 6.45) is -1.67. The molecule has 0 saturated carbocycles. The number of hydrogen-bond acceptors (Lipinski definition) is 8. The molecule has 5 fully saturated rings. The minimum Gasteiger partial charge on any atom is -0.355 e. The highest BCUT2D eigenvalue weighted by Crippen LogP contribution is 2.60. The van der Waals surface area contributed by atoms with Gasteiger partial charge in [-0.15, -0.1) is 0 Å². The Labute approximate surface area is 122 Å². The van der Waals surface area contributed by atoms with Gasteiger partial charge in [0.2, 0.25) is 0 Å². The number of fused-ring (bicyclic) bond motifs is 1. The van der Waals surface area contributed by atoms with E-state index in [9.17, 15) is 8.42 Å². The zero-order chi connectivity index (χ0) is 14.7. The Morgan fingerprint density at radius 2 is 2.05 bits per heavy atom. The summed E-state index contributed by atoms with van der Waals surface area (Å²) in [4.78, 5) is 2.01. The molecule has 21 heavy (non-hydrogen) atoms. The molecule has 5 saturated heterocycles. The predicted octanol–water partition coefficient (Wildman–Crippen LogP) is -0.996. The van der Waals surface area contributed by atoms with Gasteiger partial charge in [-0.2, -0.15) is 8.42 Å². The first-order valence-corrected chi connectivity index (χ1v) is 8.69. The van der Waals surface area contributed by atoms with Crippen LogP contribution < -0.4 is 0 Å². The molecule has 5 heterocycles. The molecular weight excluding hydrogens is 302 g/mol. The molecule has 0 bridgehead atoms. The van der Waals surface area contributed by atoms with Gasteiger partial charge in [-0.25, -0.2) is 0 Å². The summed E-state index contributed by atoms with van der Waals surface area (Å²) in [7, 11) is -3.69. The lowest BCUT2D eigenvalue weighted by molar-refractivity contribution is -0.235. The van der Waals surface area contributed by atoms with E-state index in [0.29, 0.717) is 19.7 Å². The maximum absolute atomic E-state index is 12.2. The molecule has 8 nitrogen and oxygen atoms in total. The molecule has 0 radical (unpaired) electrons. The highest BCUT2D eigenvalue weighted by Gasteiger charge is 2.84. The Kier molecular flexibility index (Phi) is 2.17. The molecule has 0 aliphatic carbocycles. The van der Waals surface area contributed by atoms with Crippen LogP contribution in [0.4, 0.5) is 0 Å². The monoisotopic (exact) mass is 319 g/mol. The number of nitrogens with zero attached hydrogens (tertiary/aromatic N) is 1. The standard InChI is InChI=1S/C12H17NO7S/c1-10(2)18-8-9(19-10)17-7-5-13-3-4-16-11(13)6-21(14,15)20-12(7,8)11/h7-9H,3-6H2,1-2H3/t7-,8+,9-,11-,12-/m1/s1. The van der Waals surface area contributed by atoms with Crippen molar-refractivity contribution in [2.75, 3.05) is 25.4 Å². The SMILES string of the molecule is CC1(C)O[C@H]2O[C@@H]3CN4CCO[C@@]45CS(=O)(=O)O[C@@]35[C@H]2O1. The van der Waals surface area contributed by atoms with Crippen LogP contribution in [0.3, 0.4) is 0 Å². The number of hydrogen-bond donors (Lipinski definition) is 0. The van der Waals surface area contributed by atoms with Crippen molar-refractivity contribution in [1.82, 2.24) is 4.90 Å². The van der Waals surface area contributed by atoms with Crippen molar-refractivity contribution >= 4 is 10.1 Å². The van der Waals surface area contributed by atoms with Crippen molar-refractivity contribution in [3.8, 4) is 0 Å². The summed E-state index contributed by atoms with van der Waals surface area (Å²) < 4.78 is 53.5. The van der Waals surface area contributed by atoms with Gasteiger partial charge in [0.15, 0.2) is 23.4 Å². The van der Waals surface area contributed by atoms with Gasteiger partial charge in [-0.05, 0) is 13.8 Å². The minimum atomic E-state index is -3.69. The second kappa shape index (κ2) is 3.45. The van der Waals surface area contributed by atoms with Gasteiger partial charge in [0.1, 0.15) is 18.0 Å². The Morgan fingerprint density at radius 3 is 2.86 bits per heavy atom. The van der Waals surface area contributed by atoms with Gasteiger partial charge in [-0.3, -0.25) is 9.08 Å². The zero-order valence-corrected chi connectivity index (χ0v) is 12.6. The summed E-state index contributed by atoms with van der Waals surface area (Å²) >= 11 is 0. The molecule has 0 N–H and O–H groups in total. The predicted molar refractivity (Wildman–Crippen MR) is 66.6 cm³/mol. The van der Waals surface area contributed by atoms with Crippen LogP contribution in [0.25, 0.3) is 0 Å². The summed E-state index contributed by atoms with van der Waals surface area (Å²) in [5.41, 5.74) is -2.18. The van der Waals surface area contributed by atoms with Crippen molar-refractivity contribution in [3.63, 3.8) is 0 Å². The van der Waals surface area contributed by atoms with E-state index in [4.69, 9.17) is 23.1 Å². The lowest BCUT2D eigenvalue weighted by Crippen LogP contribution is -2.62. The van der Waals surface area contributed by atoms with E-state index in [2.05, 4.69) is 0 Å². The average Bonchev–Trinajstić information content (AvgIpc) is 3.01. The highest BCUT2D eigenvalue weighted by molar-refractivity contribution is 7.87. The third kappa shape index (κ3) is 1.35. The fraction of sp³-hybridized carbons (Fsp3) is 1.00. The van der Waals surface area contributed by atoms with Crippen LogP contribution in [-0.2, 0) is 33.2 Å². The van der Waals surface area contributed by atoms with Crippen LogP contribution in [-0.4, -0.2) is 74.4 Å². The molecule has 5 atom stereocenters. The van der Waals surface area contributed by atoms with Crippen LogP contribution >= 0.6 is 0 Å². The quantitative estimate of drug-likeness (QED) is 0.526. The Hall–Kier alpha value is -0.290. The van der Waals surface area contributed by atoms with Crippen molar-refractivity contribution in [2.24, 2.45) is 0 Å². The van der Waals surface area contributed by atoms with E-state index >= 15 is 0 Å². The largest absolute Gasteiger partial charge is 0.355 e. The van der Waals surface area contributed by atoms with E-state index < -0.39 is 45.7 Å². The lowest BCUT2D eigenvalue weighted by atomic mass is 9.86. The fourth-order valence-electron chi connectivity index (χ4n) is 4.50. The van der Waals surface area contributed by atoms with Gasteiger partial charge in [-0.1, -0.05) is 0 Å². The van der Waals surface area contributed by atoms with E-state index in [-0.39, 0.29) is 5.75 Å². The maximum Gasteiger partial charge on any atom is 0.272 e. The van der Waals surface area contributed by atoms with Crippen LogP contribution in [0, 0.1) is 0 Å². The molecular formula is C12H17NO7S. The lowest BCUT2D eigenvalue weighted by Gasteiger charge is -2.38. The number of rotatable bonds is 0. The van der Waals surface area contributed by atoms with Crippen LogP contribution in [0.15, 0.2) is 0 Å². The topological polar surface area (TPSA) is 83.5 Å². The smallest absolute Gasteiger partial charge is 0.272 e. The molecule has 5 rings (SSSR count). The molecule has 0 aromatic carbocycles. The highest BCUT2D eigenvalue weighted by atomic mass is 32.2. The molecule has 2 spiro atoms. The summed E-state index contributed by atoms with van der Waals surface area (Å²) in [6, 6.07) is 0. The summed E-state index contributed by atoms with van der Waals surface area (Å²) in [6.45, 7) is 5.27. The first kappa shape index (κ1) is 13.2. The Bertz CT molecular complexity index is 621. The summed E-state index contributed by atoms with van der Waals surface area (Å²) in [5.74, 6) is -1.02. The normalized spacial score (nSPS) is 56.2. The fourth-order valence-corrected chi connectivity index (χ4v) is 6.29. The molecule has 0 amide bonds. The summed E-state index contributed by atoms with van der Waals surface area (Å²) in [5, 5.41) is 0. The second-order valence-electron chi connectivity index (χ2n) is 6.71. The maximum atomic E-state index is 12.2. The molecule has 118 valence electrons. The van der Waals surface area contributed by atoms with Crippen molar-refractivity contribution in [2.45, 2.75) is 49.5 Å². The number of ether oxygens (including phenoxy) is 4. The minimum absolute atomic E-state index is 0.188. The van der Waals surface area contributed by atoms with Gasteiger partial charge >= 0.3 is 0 Å². The molecule has 0 aromatic rings. The van der Waals surface area contributed by atoms with Crippen LogP contribution in [0.1, 0.15) is 13.8 Å². The Morgan fingerprint density at radius 1 is 1.24 bits per heavy atom. The van der Waals surface area contributed by atoms with E-state index in [1.165, 1.54) is 0 Å². The van der Waals surface area contributed by atoms with E-state index in [1.54, 1.807) is 13.8 Å². The third-order valence-corrected chi connectivity index (χ3v) is 6.38. The molecule has 5 aliphatic heterocycles. The molecule has 0 unspecified atom stereocenters. The first-order chi connectivity index (χ1) is 9.78. The Balaban J connectivity index is 1.69. The van der Waals surface area contributed by atoms with Gasteiger partial charge in [0, 0.05) is 13.1 Å². The van der Waals surface area contributed by atoms with Gasteiger partial charge < -0.3 is 18.9 Å². The second-order valence-corrected chi connectivity index (χ2v) is 8.28. The van der Waals surface area contributed by atoms with E-state index in [0.717, 1.165) is 0 Å². The zero-order valence-electron chi connectivity index (χ0n) is 11.8. The first-order valence-electron chi connectivity index (χ1n) is 7.12. The van der Waals surface area contributed by atoms with Crippen LogP contribution in [0.5, 0.6) is 0 Å². The van der Waals surface area contributed by atoms with Gasteiger partial charge in [0.05, 0.1) is 6.61 Å². The molecule has 9 heteroatoms. The van der Waals surface area contributed by atoms with Crippen molar-refractivity contribution in [3.05, 3.63) is 0 Å². The molecule has 0 aromatic heterocycles. The molecule has 5 aliphatic rings.